The van der Waals surface area contributed by atoms with Crippen molar-refractivity contribution in [3.63, 3.8) is 0 Å². The first-order valence-corrected chi connectivity index (χ1v) is 11.4. The second-order valence-corrected chi connectivity index (χ2v) is 9.65. The number of rotatable bonds is 3. The van der Waals surface area contributed by atoms with Gasteiger partial charge in [-0.2, -0.15) is 0 Å². The molecular formula is C19H18BrFN4O2S. The van der Waals surface area contributed by atoms with Gasteiger partial charge in [-0.1, -0.05) is 15.9 Å². The van der Waals surface area contributed by atoms with Gasteiger partial charge in [-0.25, -0.2) is 22.8 Å². The largest absolute Gasteiger partial charge is 0.366 e. The van der Waals surface area contributed by atoms with Crippen molar-refractivity contribution in [3.05, 3.63) is 53.0 Å². The molecule has 1 aromatic heterocycles. The van der Waals surface area contributed by atoms with Crippen LogP contribution in [0.3, 0.4) is 0 Å². The van der Waals surface area contributed by atoms with E-state index >= 15 is 0 Å². The van der Waals surface area contributed by atoms with E-state index in [-0.39, 0.29) is 4.90 Å². The van der Waals surface area contributed by atoms with E-state index in [0.29, 0.717) is 31.9 Å². The molecule has 0 spiro atoms. The minimum absolute atomic E-state index is 0.123. The van der Waals surface area contributed by atoms with Gasteiger partial charge in [-0.05, 0) is 36.4 Å². The van der Waals surface area contributed by atoms with E-state index in [4.69, 9.17) is 0 Å². The van der Waals surface area contributed by atoms with E-state index < -0.39 is 15.7 Å². The Labute approximate surface area is 171 Å². The van der Waals surface area contributed by atoms with Crippen molar-refractivity contribution in [1.29, 1.82) is 0 Å². The third kappa shape index (κ3) is 3.68. The van der Waals surface area contributed by atoms with Crippen LogP contribution in [0.4, 0.5) is 15.9 Å². The third-order valence-electron chi connectivity index (χ3n) is 4.84. The van der Waals surface area contributed by atoms with Crippen molar-refractivity contribution in [2.24, 2.45) is 0 Å². The Hall–Kier alpha value is -2.26. The quantitative estimate of drug-likeness (QED) is 0.554. The Morgan fingerprint density at radius 1 is 1.00 bits per heavy atom. The van der Waals surface area contributed by atoms with Gasteiger partial charge in [0.25, 0.3) is 0 Å². The van der Waals surface area contributed by atoms with Crippen LogP contribution in [-0.4, -0.2) is 50.8 Å². The van der Waals surface area contributed by atoms with Gasteiger partial charge in [0.05, 0.1) is 16.1 Å². The van der Waals surface area contributed by atoms with Crippen LogP contribution in [0.5, 0.6) is 0 Å². The third-order valence-corrected chi connectivity index (χ3v) is 6.45. The Balaban J connectivity index is 1.59. The molecule has 0 unspecified atom stereocenters. The molecule has 0 radical (unpaired) electrons. The van der Waals surface area contributed by atoms with Crippen molar-refractivity contribution >= 4 is 48.2 Å². The SMILES string of the molecule is CS(=O)(=O)c1ccc(F)c(N2CCN(c3ncnc4ccc(Br)cc34)CC2)c1. The summed E-state index contributed by atoms with van der Waals surface area (Å²) in [7, 11) is -3.39. The van der Waals surface area contributed by atoms with Crippen LogP contribution in [0.2, 0.25) is 0 Å². The lowest BCUT2D eigenvalue weighted by Gasteiger charge is -2.37. The molecule has 0 bridgehead atoms. The Morgan fingerprint density at radius 3 is 2.43 bits per heavy atom. The normalized spacial score (nSPS) is 15.2. The highest BCUT2D eigenvalue weighted by Crippen LogP contribution is 2.29. The molecule has 0 N–H and O–H groups in total. The fourth-order valence-electron chi connectivity index (χ4n) is 3.39. The topological polar surface area (TPSA) is 66.4 Å². The summed E-state index contributed by atoms with van der Waals surface area (Å²) in [5, 5.41) is 0.954. The maximum absolute atomic E-state index is 14.3. The molecular weight excluding hydrogens is 447 g/mol. The van der Waals surface area contributed by atoms with Crippen LogP contribution in [0, 0.1) is 5.82 Å². The van der Waals surface area contributed by atoms with E-state index in [0.717, 1.165) is 27.4 Å². The van der Waals surface area contributed by atoms with Gasteiger partial charge in [0.2, 0.25) is 0 Å². The lowest BCUT2D eigenvalue weighted by atomic mass is 10.2. The van der Waals surface area contributed by atoms with Gasteiger partial charge in [0, 0.05) is 42.3 Å². The lowest BCUT2D eigenvalue weighted by molar-refractivity contribution is 0.591. The zero-order valence-electron chi connectivity index (χ0n) is 15.1. The monoisotopic (exact) mass is 464 g/mol. The first-order chi connectivity index (χ1) is 13.3. The number of anilines is 2. The van der Waals surface area contributed by atoms with Crippen LogP contribution >= 0.6 is 15.9 Å². The summed E-state index contributed by atoms with van der Waals surface area (Å²) in [6, 6.07) is 9.80. The van der Waals surface area contributed by atoms with E-state index in [1.54, 1.807) is 6.33 Å². The van der Waals surface area contributed by atoms with Gasteiger partial charge < -0.3 is 9.80 Å². The minimum Gasteiger partial charge on any atom is -0.366 e. The fraction of sp³-hybridized carbons (Fsp3) is 0.263. The molecule has 1 saturated heterocycles. The molecule has 4 rings (SSSR count). The molecule has 0 saturated carbocycles. The molecule has 2 aromatic carbocycles. The maximum Gasteiger partial charge on any atom is 0.175 e. The summed E-state index contributed by atoms with van der Waals surface area (Å²) in [5.41, 5.74) is 1.18. The molecule has 146 valence electrons. The van der Waals surface area contributed by atoms with Gasteiger partial charge >= 0.3 is 0 Å². The van der Waals surface area contributed by atoms with Crippen LogP contribution in [0.1, 0.15) is 0 Å². The van der Waals surface area contributed by atoms with Crippen LogP contribution in [0.25, 0.3) is 10.9 Å². The maximum atomic E-state index is 14.3. The summed E-state index contributed by atoms with van der Waals surface area (Å²) in [6.45, 7) is 2.40. The molecule has 2 heterocycles. The Bertz CT molecular complexity index is 1150. The number of sulfone groups is 1. The molecule has 0 atom stereocenters. The van der Waals surface area contributed by atoms with Crippen LogP contribution in [-0.2, 0) is 9.84 Å². The van der Waals surface area contributed by atoms with Crippen molar-refractivity contribution < 1.29 is 12.8 Å². The minimum atomic E-state index is -3.39. The van der Waals surface area contributed by atoms with E-state index in [1.807, 2.05) is 23.1 Å². The fourth-order valence-corrected chi connectivity index (χ4v) is 4.39. The highest BCUT2D eigenvalue weighted by atomic mass is 79.9. The molecule has 3 aromatic rings. The van der Waals surface area contributed by atoms with Gasteiger partial charge in [0.1, 0.15) is 18.0 Å². The smallest absolute Gasteiger partial charge is 0.175 e. The number of halogens is 2. The number of fused-ring (bicyclic) bond motifs is 1. The van der Waals surface area contributed by atoms with Crippen molar-refractivity contribution in [2.45, 2.75) is 4.90 Å². The number of aromatic nitrogens is 2. The van der Waals surface area contributed by atoms with Crippen molar-refractivity contribution in [1.82, 2.24) is 9.97 Å². The molecule has 9 heteroatoms. The van der Waals surface area contributed by atoms with Gasteiger partial charge in [0.15, 0.2) is 9.84 Å². The highest BCUT2D eigenvalue weighted by Gasteiger charge is 2.23. The Morgan fingerprint density at radius 2 is 1.71 bits per heavy atom. The summed E-state index contributed by atoms with van der Waals surface area (Å²) in [6.07, 6.45) is 2.67. The van der Waals surface area contributed by atoms with E-state index in [2.05, 4.69) is 30.8 Å². The van der Waals surface area contributed by atoms with Crippen LogP contribution in [0.15, 0.2) is 52.1 Å². The number of nitrogens with zero attached hydrogens (tertiary/aromatic N) is 4. The van der Waals surface area contributed by atoms with Gasteiger partial charge in [-0.3, -0.25) is 0 Å². The van der Waals surface area contributed by atoms with Gasteiger partial charge in [-0.15, -0.1) is 0 Å². The molecule has 1 aliphatic rings. The standard InChI is InChI=1S/C19H18BrFN4O2S/c1-28(26,27)14-3-4-16(21)18(11-14)24-6-8-25(9-7-24)19-15-10-13(20)2-5-17(15)22-12-23-19/h2-5,10-12H,6-9H2,1H3. The first kappa shape index (κ1) is 19.1. The summed E-state index contributed by atoms with van der Waals surface area (Å²) < 4.78 is 38.9. The second-order valence-electron chi connectivity index (χ2n) is 6.72. The van der Waals surface area contributed by atoms with E-state index in [9.17, 15) is 12.8 Å². The molecule has 1 fully saturated rings. The predicted molar refractivity (Wildman–Crippen MR) is 111 cm³/mol. The summed E-state index contributed by atoms with van der Waals surface area (Å²) in [4.78, 5) is 12.9. The zero-order valence-corrected chi connectivity index (χ0v) is 17.5. The average molecular weight is 465 g/mol. The highest BCUT2D eigenvalue weighted by molar-refractivity contribution is 9.10. The molecule has 0 aliphatic carbocycles. The predicted octanol–water partition coefficient (Wildman–Crippen LogP) is 3.26. The van der Waals surface area contributed by atoms with Crippen molar-refractivity contribution in [3.8, 4) is 0 Å². The van der Waals surface area contributed by atoms with E-state index in [1.165, 1.54) is 18.2 Å². The number of hydrogen-bond acceptors (Lipinski definition) is 6. The number of benzene rings is 2. The van der Waals surface area contributed by atoms with Crippen LogP contribution < -0.4 is 9.80 Å². The number of piperazine rings is 1. The Kier molecular flexibility index (Phi) is 4.96. The molecule has 6 nitrogen and oxygen atoms in total. The zero-order chi connectivity index (χ0) is 19.9. The summed E-state index contributed by atoms with van der Waals surface area (Å²) in [5.74, 6) is 0.425. The molecule has 1 aliphatic heterocycles. The van der Waals surface area contributed by atoms with Crippen molar-refractivity contribution in [2.75, 3.05) is 42.2 Å². The lowest BCUT2D eigenvalue weighted by Crippen LogP contribution is -2.47. The second kappa shape index (κ2) is 7.29. The molecule has 0 amide bonds. The number of hydrogen-bond donors (Lipinski definition) is 0. The first-order valence-electron chi connectivity index (χ1n) is 8.73. The average Bonchev–Trinajstić information content (AvgIpc) is 2.67. The molecule has 28 heavy (non-hydrogen) atoms. The summed E-state index contributed by atoms with van der Waals surface area (Å²) >= 11 is 3.49.